The summed E-state index contributed by atoms with van der Waals surface area (Å²) in [5.41, 5.74) is 1.28. The third-order valence-corrected chi connectivity index (χ3v) is 6.80. The Balaban J connectivity index is 1.33. The molecule has 1 unspecified atom stereocenters. The summed E-state index contributed by atoms with van der Waals surface area (Å²) in [5.74, 6) is 1.28. The summed E-state index contributed by atoms with van der Waals surface area (Å²) in [6, 6.07) is 14.9. The van der Waals surface area contributed by atoms with Gasteiger partial charge in [-0.3, -0.25) is 14.7 Å². The summed E-state index contributed by atoms with van der Waals surface area (Å²) < 4.78 is 6.01. The van der Waals surface area contributed by atoms with Crippen LogP contribution in [-0.2, 0) is 11.3 Å². The molecule has 6 heteroatoms. The van der Waals surface area contributed by atoms with Gasteiger partial charge in [-0.1, -0.05) is 30.3 Å². The average Bonchev–Trinajstić information content (AvgIpc) is 3.23. The van der Waals surface area contributed by atoms with E-state index >= 15 is 0 Å². The number of carbonyl (C=O) groups excluding carboxylic acids is 1. The smallest absolute Gasteiger partial charge is 0.224 e. The summed E-state index contributed by atoms with van der Waals surface area (Å²) in [7, 11) is 2.19. The van der Waals surface area contributed by atoms with Crippen molar-refractivity contribution in [2.45, 2.75) is 38.3 Å². The summed E-state index contributed by atoms with van der Waals surface area (Å²) in [5, 5.41) is 3.24. The van der Waals surface area contributed by atoms with Crippen LogP contribution in [0.5, 0.6) is 5.75 Å². The van der Waals surface area contributed by atoms with E-state index < -0.39 is 0 Å². The number of hydrogen-bond acceptors (Lipinski definition) is 5. The molecule has 0 spiro atoms. The van der Waals surface area contributed by atoms with Gasteiger partial charge in [0.05, 0.1) is 18.7 Å². The predicted molar refractivity (Wildman–Crippen MR) is 126 cm³/mol. The summed E-state index contributed by atoms with van der Waals surface area (Å²) in [4.78, 5) is 22.0. The largest absolute Gasteiger partial charge is 0.492 e. The second-order valence-corrected chi connectivity index (χ2v) is 9.33. The third-order valence-electron chi connectivity index (χ3n) is 6.80. The Morgan fingerprint density at radius 1 is 1.19 bits per heavy atom. The van der Waals surface area contributed by atoms with Gasteiger partial charge in [0.15, 0.2) is 0 Å². The Labute approximate surface area is 192 Å². The van der Waals surface area contributed by atoms with Crippen molar-refractivity contribution >= 4 is 5.91 Å². The van der Waals surface area contributed by atoms with E-state index in [1.165, 1.54) is 24.9 Å². The molecule has 172 valence electrons. The quantitative estimate of drug-likeness (QED) is 0.654. The SMILES string of the molecule is CN1CCCC1CCNC(=O)[C@@H]1C[C@H](COc2cccnc2)CN(Cc2ccccc2)C1. The maximum Gasteiger partial charge on any atom is 0.224 e. The number of amides is 1. The van der Waals surface area contributed by atoms with Crippen LogP contribution in [0.25, 0.3) is 0 Å². The molecule has 3 atom stereocenters. The van der Waals surface area contributed by atoms with E-state index in [4.69, 9.17) is 4.74 Å². The molecular weight excluding hydrogens is 400 g/mol. The molecule has 0 saturated carbocycles. The monoisotopic (exact) mass is 436 g/mol. The Hall–Kier alpha value is -2.44. The van der Waals surface area contributed by atoms with Crippen LogP contribution in [0.15, 0.2) is 54.9 Å². The van der Waals surface area contributed by atoms with E-state index in [0.29, 0.717) is 18.6 Å². The lowest BCUT2D eigenvalue weighted by molar-refractivity contribution is -0.127. The van der Waals surface area contributed by atoms with Crippen molar-refractivity contribution in [2.24, 2.45) is 11.8 Å². The molecule has 0 radical (unpaired) electrons. The lowest BCUT2D eigenvalue weighted by Gasteiger charge is -2.37. The standard InChI is InChI=1S/C26H36N4O2/c1-29-14-6-9-24(29)11-13-28-26(31)23-15-22(20-32-25-10-5-12-27-16-25)18-30(19-23)17-21-7-3-2-4-8-21/h2-5,7-8,10,12,16,22-24H,6,9,11,13-15,17-20H2,1H3,(H,28,31)/t22-,23+,24?/m0/s1. The van der Waals surface area contributed by atoms with E-state index in [9.17, 15) is 4.79 Å². The molecule has 1 N–H and O–H groups in total. The first-order valence-corrected chi connectivity index (χ1v) is 11.9. The van der Waals surface area contributed by atoms with Gasteiger partial charge in [0.25, 0.3) is 0 Å². The zero-order valence-electron chi connectivity index (χ0n) is 19.2. The fourth-order valence-corrected chi connectivity index (χ4v) is 5.08. The number of likely N-dealkylation sites (tertiary alicyclic amines) is 2. The second-order valence-electron chi connectivity index (χ2n) is 9.33. The average molecular weight is 437 g/mol. The highest BCUT2D eigenvalue weighted by Crippen LogP contribution is 2.25. The van der Waals surface area contributed by atoms with Crippen molar-refractivity contribution in [3.63, 3.8) is 0 Å². The van der Waals surface area contributed by atoms with E-state index in [0.717, 1.165) is 44.8 Å². The number of rotatable bonds is 9. The molecular formula is C26H36N4O2. The van der Waals surface area contributed by atoms with Gasteiger partial charge in [0.1, 0.15) is 5.75 Å². The van der Waals surface area contributed by atoms with Gasteiger partial charge in [-0.2, -0.15) is 0 Å². The summed E-state index contributed by atoms with van der Waals surface area (Å²) in [6.07, 6.45) is 7.91. The minimum Gasteiger partial charge on any atom is -0.492 e. The van der Waals surface area contributed by atoms with Crippen LogP contribution >= 0.6 is 0 Å². The maximum atomic E-state index is 13.1. The van der Waals surface area contributed by atoms with Gasteiger partial charge in [-0.25, -0.2) is 0 Å². The summed E-state index contributed by atoms with van der Waals surface area (Å²) in [6.45, 7) is 5.14. The van der Waals surface area contributed by atoms with E-state index in [1.54, 1.807) is 12.4 Å². The molecule has 32 heavy (non-hydrogen) atoms. The number of nitrogens with one attached hydrogen (secondary N) is 1. The van der Waals surface area contributed by atoms with Crippen LogP contribution in [0.2, 0.25) is 0 Å². The topological polar surface area (TPSA) is 57.7 Å². The highest BCUT2D eigenvalue weighted by molar-refractivity contribution is 5.79. The molecule has 1 aromatic carbocycles. The fourth-order valence-electron chi connectivity index (χ4n) is 5.08. The van der Waals surface area contributed by atoms with Crippen LogP contribution < -0.4 is 10.1 Å². The minimum atomic E-state index is -0.00346. The number of piperidine rings is 1. The fraction of sp³-hybridized carbons (Fsp3) is 0.538. The van der Waals surface area contributed by atoms with E-state index in [1.807, 2.05) is 18.2 Å². The van der Waals surface area contributed by atoms with Gasteiger partial charge in [-0.15, -0.1) is 0 Å². The summed E-state index contributed by atoms with van der Waals surface area (Å²) >= 11 is 0. The van der Waals surface area contributed by atoms with Crippen LogP contribution in [0.4, 0.5) is 0 Å². The lowest BCUT2D eigenvalue weighted by Crippen LogP contribution is -2.47. The minimum absolute atomic E-state index is 0.00346. The van der Waals surface area contributed by atoms with Crippen molar-refractivity contribution < 1.29 is 9.53 Å². The molecule has 2 fully saturated rings. The van der Waals surface area contributed by atoms with E-state index in [2.05, 4.69) is 51.4 Å². The molecule has 6 nitrogen and oxygen atoms in total. The molecule has 0 aliphatic carbocycles. The molecule has 1 amide bonds. The van der Waals surface area contributed by atoms with Gasteiger partial charge in [-0.05, 0) is 57.0 Å². The van der Waals surface area contributed by atoms with Crippen molar-refractivity contribution in [2.75, 3.05) is 39.8 Å². The molecule has 3 heterocycles. The number of benzene rings is 1. The highest BCUT2D eigenvalue weighted by atomic mass is 16.5. The number of hydrogen-bond donors (Lipinski definition) is 1. The molecule has 1 aromatic heterocycles. The Bertz CT molecular complexity index is 832. The number of ether oxygens (including phenoxy) is 1. The Morgan fingerprint density at radius 2 is 2.06 bits per heavy atom. The van der Waals surface area contributed by atoms with Crippen LogP contribution in [0.1, 0.15) is 31.2 Å². The van der Waals surface area contributed by atoms with Crippen LogP contribution in [0, 0.1) is 11.8 Å². The molecule has 2 aliphatic rings. The normalized spacial score (nSPS) is 24.3. The zero-order valence-corrected chi connectivity index (χ0v) is 19.2. The van der Waals surface area contributed by atoms with Crippen molar-refractivity contribution in [3.05, 3.63) is 60.4 Å². The number of aromatic nitrogens is 1. The maximum absolute atomic E-state index is 13.1. The lowest BCUT2D eigenvalue weighted by atomic mass is 9.88. The first kappa shape index (κ1) is 22.7. The number of pyridine rings is 1. The van der Waals surface area contributed by atoms with Gasteiger partial charge in [0, 0.05) is 44.3 Å². The highest BCUT2D eigenvalue weighted by Gasteiger charge is 2.32. The van der Waals surface area contributed by atoms with Crippen molar-refractivity contribution in [1.29, 1.82) is 0 Å². The first-order valence-electron chi connectivity index (χ1n) is 11.9. The number of nitrogens with zero attached hydrogens (tertiary/aromatic N) is 3. The third kappa shape index (κ3) is 6.53. The van der Waals surface area contributed by atoms with Gasteiger partial charge in [0.2, 0.25) is 5.91 Å². The Kier molecular flexibility index (Phi) is 8.13. The second kappa shape index (κ2) is 11.4. The molecule has 2 aliphatic heterocycles. The molecule has 0 bridgehead atoms. The molecule has 2 aromatic rings. The zero-order chi connectivity index (χ0) is 22.2. The predicted octanol–water partition coefficient (Wildman–Crippen LogP) is 3.20. The van der Waals surface area contributed by atoms with Gasteiger partial charge < -0.3 is 15.0 Å². The molecule has 2 saturated heterocycles. The van der Waals surface area contributed by atoms with Crippen molar-refractivity contribution in [3.8, 4) is 5.75 Å². The van der Waals surface area contributed by atoms with Crippen LogP contribution in [0.3, 0.4) is 0 Å². The molecule has 4 rings (SSSR count). The number of carbonyl (C=O) groups is 1. The Morgan fingerprint density at radius 3 is 2.81 bits per heavy atom. The van der Waals surface area contributed by atoms with Crippen molar-refractivity contribution in [1.82, 2.24) is 20.1 Å². The first-order chi connectivity index (χ1) is 15.7. The van der Waals surface area contributed by atoms with Gasteiger partial charge >= 0.3 is 0 Å². The van der Waals surface area contributed by atoms with E-state index in [-0.39, 0.29) is 11.8 Å². The van der Waals surface area contributed by atoms with Crippen LogP contribution in [-0.4, -0.2) is 66.6 Å².